The zero-order valence-electron chi connectivity index (χ0n) is 11.4. The minimum absolute atomic E-state index is 0.440. The molecule has 2 rings (SSSR count). The summed E-state index contributed by atoms with van der Waals surface area (Å²) in [5.74, 6) is 0. The first-order valence-electron chi connectivity index (χ1n) is 6.91. The van der Waals surface area contributed by atoms with Crippen molar-refractivity contribution < 1.29 is 0 Å². The summed E-state index contributed by atoms with van der Waals surface area (Å²) in [4.78, 5) is 4.26. The molecule has 1 fully saturated rings. The number of nitrogens with one attached hydrogen (secondary N) is 1. The minimum atomic E-state index is 0.440. The highest BCUT2D eigenvalue weighted by atomic mass is 79.9. The number of likely N-dealkylation sites (N-methyl/N-ethyl adjacent to an activating group) is 1. The summed E-state index contributed by atoms with van der Waals surface area (Å²) in [6.45, 7) is 2.44. The SMILES string of the molecule is CNC(Cc1cncc(Br)c1)C1(C)CCCCC1. The maximum Gasteiger partial charge on any atom is 0.0410 e. The Morgan fingerprint density at radius 1 is 1.33 bits per heavy atom. The molecule has 1 saturated carbocycles. The zero-order chi connectivity index (χ0) is 13.0. The van der Waals surface area contributed by atoms with Gasteiger partial charge in [-0.3, -0.25) is 4.98 Å². The molecular formula is C15H23BrN2. The lowest BCUT2D eigenvalue weighted by atomic mass is 9.69. The van der Waals surface area contributed by atoms with Gasteiger partial charge in [0.05, 0.1) is 0 Å². The topological polar surface area (TPSA) is 24.9 Å². The number of halogens is 1. The summed E-state index contributed by atoms with van der Waals surface area (Å²) in [7, 11) is 2.09. The highest BCUT2D eigenvalue weighted by molar-refractivity contribution is 9.10. The Morgan fingerprint density at radius 2 is 2.06 bits per heavy atom. The number of hydrogen-bond acceptors (Lipinski definition) is 2. The van der Waals surface area contributed by atoms with Crippen LogP contribution in [0.5, 0.6) is 0 Å². The number of hydrogen-bond donors (Lipinski definition) is 1. The molecule has 0 saturated heterocycles. The van der Waals surface area contributed by atoms with Gasteiger partial charge in [0.25, 0.3) is 0 Å². The van der Waals surface area contributed by atoms with Crippen LogP contribution in [0.1, 0.15) is 44.6 Å². The molecule has 1 aliphatic rings. The predicted molar refractivity (Wildman–Crippen MR) is 79.7 cm³/mol. The van der Waals surface area contributed by atoms with Crippen LogP contribution in [0.15, 0.2) is 22.9 Å². The van der Waals surface area contributed by atoms with E-state index >= 15 is 0 Å². The summed E-state index contributed by atoms with van der Waals surface area (Å²) in [6.07, 6.45) is 11.8. The zero-order valence-corrected chi connectivity index (χ0v) is 13.0. The van der Waals surface area contributed by atoms with E-state index in [2.05, 4.69) is 46.3 Å². The second-order valence-corrected chi connectivity index (χ2v) is 6.69. The van der Waals surface area contributed by atoms with E-state index < -0.39 is 0 Å². The van der Waals surface area contributed by atoms with E-state index in [0.29, 0.717) is 11.5 Å². The summed E-state index contributed by atoms with van der Waals surface area (Å²) in [6, 6.07) is 2.73. The average molecular weight is 311 g/mol. The number of nitrogens with zero attached hydrogens (tertiary/aromatic N) is 1. The van der Waals surface area contributed by atoms with Crippen LogP contribution in [-0.2, 0) is 6.42 Å². The maximum atomic E-state index is 4.26. The second-order valence-electron chi connectivity index (χ2n) is 5.77. The molecule has 2 nitrogen and oxygen atoms in total. The normalized spacial score (nSPS) is 20.6. The van der Waals surface area contributed by atoms with Crippen LogP contribution < -0.4 is 5.32 Å². The van der Waals surface area contributed by atoms with Gasteiger partial charge in [-0.25, -0.2) is 0 Å². The molecule has 3 heteroatoms. The Morgan fingerprint density at radius 3 is 2.67 bits per heavy atom. The Labute approximate surface area is 119 Å². The van der Waals surface area contributed by atoms with Crippen LogP contribution in [0.3, 0.4) is 0 Å². The standard InChI is InChI=1S/C15H23BrN2/c1-15(6-4-3-5-7-15)14(17-2)9-12-8-13(16)11-18-10-12/h8,10-11,14,17H,3-7,9H2,1-2H3. The lowest BCUT2D eigenvalue weighted by Gasteiger charge is -2.41. The molecule has 1 aromatic heterocycles. The van der Waals surface area contributed by atoms with Crippen LogP contribution in [-0.4, -0.2) is 18.1 Å². The molecule has 0 spiro atoms. The third kappa shape index (κ3) is 3.33. The van der Waals surface area contributed by atoms with E-state index in [0.717, 1.165) is 10.9 Å². The first-order chi connectivity index (χ1) is 8.64. The van der Waals surface area contributed by atoms with Gasteiger partial charge in [0, 0.05) is 22.9 Å². The molecule has 1 aromatic rings. The Hall–Kier alpha value is -0.410. The first-order valence-corrected chi connectivity index (χ1v) is 7.70. The lowest BCUT2D eigenvalue weighted by molar-refractivity contribution is 0.149. The van der Waals surface area contributed by atoms with Crippen LogP contribution in [0.25, 0.3) is 0 Å². The molecule has 1 heterocycles. The van der Waals surface area contributed by atoms with E-state index in [1.54, 1.807) is 0 Å². The van der Waals surface area contributed by atoms with Crippen molar-refractivity contribution in [2.75, 3.05) is 7.05 Å². The molecule has 0 bridgehead atoms. The van der Waals surface area contributed by atoms with Crippen molar-refractivity contribution in [3.8, 4) is 0 Å². The van der Waals surface area contributed by atoms with Crippen molar-refractivity contribution in [2.45, 2.75) is 51.5 Å². The molecular weight excluding hydrogens is 288 g/mol. The summed E-state index contributed by atoms with van der Waals surface area (Å²) >= 11 is 3.50. The molecule has 1 unspecified atom stereocenters. The van der Waals surface area contributed by atoms with Gasteiger partial charge in [0.15, 0.2) is 0 Å². The average Bonchev–Trinajstić information content (AvgIpc) is 2.37. The molecule has 0 amide bonds. The quantitative estimate of drug-likeness (QED) is 0.911. The Kier molecular flexibility index (Phi) is 4.79. The minimum Gasteiger partial charge on any atom is -0.316 e. The molecule has 1 atom stereocenters. The largest absolute Gasteiger partial charge is 0.316 e. The van der Waals surface area contributed by atoms with Gasteiger partial charge in [-0.1, -0.05) is 26.2 Å². The van der Waals surface area contributed by atoms with E-state index in [-0.39, 0.29) is 0 Å². The molecule has 100 valence electrons. The van der Waals surface area contributed by atoms with Gasteiger partial charge in [0.1, 0.15) is 0 Å². The van der Waals surface area contributed by atoms with E-state index in [4.69, 9.17) is 0 Å². The third-order valence-electron chi connectivity index (χ3n) is 4.39. The maximum absolute atomic E-state index is 4.26. The summed E-state index contributed by atoms with van der Waals surface area (Å²) < 4.78 is 1.07. The highest BCUT2D eigenvalue weighted by Crippen LogP contribution is 2.39. The smallest absolute Gasteiger partial charge is 0.0410 e. The molecule has 0 radical (unpaired) electrons. The fraction of sp³-hybridized carbons (Fsp3) is 0.667. The first kappa shape index (κ1) is 14.0. The van der Waals surface area contributed by atoms with Crippen molar-refractivity contribution in [3.63, 3.8) is 0 Å². The van der Waals surface area contributed by atoms with Gasteiger partial charge in [0.2, 0.25) is 0 Å². The number of aromatic nitrogens is 1. The molecule has 18 heavy (non-hydrogen) atoms. The van der Waals surface area contributed by atoms with Gasteiger partial charge >= 0.3 is 0 Å². The number of rotatable bonds is 4. The van der Waals surface area contributed by atoms with Crippen molar-refractivity contribution in [3.05, 3.63) is 28.5 Å². The summed E-state index contributed by atoms with van der Waals surface area (Å²) in [5.41, 5.74) is 1.76. The fourth-order valence-electron chi connectivity index (χ4n) is 3.21. The van der Waals surface area contributed by atoms with Crippen LogP contribution in [0.4, 0.5) is 0 Å². The fourth-order valence-corrected chi connectivity index (χ4v) is 3.62. The van der Waals surface area contributed by atoms with Crippen LogP contribution in [0, 0.1) is 5.41 Å². The van der Waals surface area contributed by atoms with Crippen molar-refractivity contribution in [1.82, 2.24) is 10.3 Å². The van der Waals surface area contributed by atoms with Crippen molar-refractivity contribution in [1.29, 1.82) is 0 Å². The van der Waals surface area contributed by atoms with Crippen molar-refractivity contribution in [2.24, 2.45) is 5.41 Å². The highest BCUT2D eigenvalue weighted by Gasteiger charge is 2.34. The van der Waals surface area contributed by atoms with Gasteiger partial charge in [-0.05, 0) is 59.3 Å². The lowest BCUT2D eigenvalue weighted by Crippen LogP contribution is -2.44. The van der Waals surface area contributed by atoms with Crippen molar-refractivity contribution >= 4 is 15.9 Å². The van der Waals surface area contributed by atoms with E-state index in [1.807, 2.05) is 12.4 Å². The molecule has 0 aliphatic heterocycles. The Bertz CT molecular complexity index is 386. The molecule has 1 aliphatic carbocycles. The molecule has 0 aromatic carbocycles. The number of pyridine rings is 1. The van der Waals surface area contributed by atoms with Crippen LogP contribution in [0.2, 0.25) is 0 Å². The van der Waals surface area contributed by atoms with Crippen LogP contribution >= 0.6 is 15.9 Å². The second kappa shape index (κ2) is 6.16. The monoisotopic (exact) mass is 310 g/mol. The Balaban J connectivity index is 2.09. The summed E-state index contributed by atoms with van der Waals surface area (Å²) in [5, 5.41) is 3.54. The van der Waals surface area contributed by atoms with E-state index in [9.17, 15) is 0 Å². The van der Waals surface area contributed by atoms with Gasteiger partial charge in [-0.2, -0.15) is 0 Å². The van der Waals surface area contributed by atoms with E-state index in [1.165, 1.54) is 37.7 Å². The predicted octanol–water partition coefficient (Wildman–Crippen LogP) is 3.95. The third-order valence-corrected chi connectivity index (χ3v) is 4.82. The molecule has 1 N–H and O–H groups in total. The van der Waals surface area contributed by atoms with Gasteiger partial charge in [-0.15, -0.1) is 0 Å². The van der Waals surface area contributed by atoms with Gasteiger partial charge < -0.3 is 5.32 Å².